The van der Waals surface area contributed by atoms with E-state index in [4.69, 9.17) is 21.1 Å². The van der Waals surface area contributed by atoms with Crippen LogP contribution in [-0.2, 0) is 13.2 Å². The highest BCUT2D eigenvalue weighted by Gasteiger charge is 2.08. The predicted octanol–water partition coefficient (Wildman–Crippen LogP) is 4.75. The Balaban J connectivity index is 1.93. The highest BCUT2D eigenvalue weighted by Crippen LogP contribution is 2.30. The van der Waals surface area contributed by atoms with E-state index in [1.165, 1.54) is 5.56 Å². The second-order valence-electron chi connectivity index (χ2n) is 6.30. The van der Waals surface area contributed by atoms with Crippen LogP contribution in [0.4, 0.5) is 0 Å². The molecule has 0 radical (unpaired) electrons. The average molecular weight is 391 g/mol. The topological polar surface area (TPSA) is 33.7 Å². The molecule has 5 heteroatoms. The van der Waals surface area contributed by atoms with E-state index >= 15 is 0 Å². The molecule has 0 aromatic heterocycles. The molecule has 0 spiro atoms. The van der Waals surface area contributed by atoms with Gasteiger partial charge in [-0.3, -0.25) is 0 Å². The molecule has 1 N–H and O–H groups in total. The molecular weight excluding hydrogens is 360 g/mol. The first kappa shape index (κ1) is 21.5. The number of nitrogens with one attached hydrogen (secondary N) is 1. The van der Waals surface area contributed by atoms with Crippen LogP contribution >= 0.6 is 11.6 Å². The lowest BCUT2D eigenvalue weighted by molar-refractivity contribution is 0.269. The normalized spacial score (nSPS) is 11.0. The molecule has 2 aromatic carbocycles. The Morgan fingerprint density at radius 3 is 2.44 bits per heavy atom. The molecular formula is C22H31ClN2O2. The number of halogens is 1. The van der Waals surface area contributed by atoms with Gasteiger partial charge in [0.2, 0.25) is 0 Å². The standard InChI is InChI=1S/C22H31ClN2O2/c1-4-25(5-2)14-13-24-16-18-11-12-21(22(15-18)26-6-3)27-17-19-9-7-8-10-20(19)23/h7-12,15,24H,4-6,13-14,16-17H2,1-3H3. The molecule has 0 aliphatic heterocycles. The van der Waals surface area contributed by atoms with Crippen LogP contribution in [0.25, 0.3) is 0 Å². The number of hydrogen-bond acceptors (Lipinski definition) is 4. The third-order valence-corrected chi connectivity index (χ3v) is 4.85. The van der Waals surface area contributed by atoms with Crippen LogP contribution in [0, 0.1) is 0 Å². The SMILES string of the molecule is CCOc1cc(CNCCN(CC)CC)ccc1OCc1ccccc1Cl. The lowest BCUT2D eigenvalue weighted by Crippen LogP contribution is -2.31. The van der Waals surface area contributed by atoms with Crippen LogP contribution in [0.2, 0.25) is 5.02 Å². The Morgan fingerprint density at radius 1 is 0.963 bits per heavy atom. The van der Waals surface area contributed by atoms with Gasteiger partial charge >= 0.3 is 0 Å². The smallest absolute Gasteiger partial charge is 0.161 e. The van der Waals surface area contributed by atoms with Gasteiger partial charge in [-0.05, 0) is 43.8 Å². The van der Waals surface area contributed by atoms with Crippen molar-refractivity contribution in [3.8, 4) is 11.5 Å². The summed E-state index contributed by atoms with van der Waals surface area (Å²) >= 11 is 6.21. The van der Waals surface area contributed by atoms with Gasteiger partial charge < -0.3 is 19.7 Å². The average Bonchev–Trinajstić information content (AvgIpc) is 2.69. The van der Waals surface area contributed by atoms with Gasteiger partial charge in [0.05, 0.1) is 6.61 Å². The van der Waals surface area contributed by atoms with Crippen molar-refractivity contribution in [2.24, 2.45) is 0 Å². The van der Waals surface area contributed by atoms with Crippen LogP contribution in [0.5, 0.6) is 11.5 Å². The minimum Gasteiger partial charge on any atom is -0.490 e. The second-order valence-corrected chi connectivity index (χ2v) is 6.71. The largest absolute Gasteiger partial charge is 0.490 e. The lowest BCUT2D eigenvalue weighted by Gasteiger charge is -2.18. The second kappa shape index (κ2) is 11.9. The molecule has 0 bridgehead atoms. The number of likely N-dealkylation sites (N-methyl/N-ethyl adjacent to an activating group) is 1. The van der Waals surface area contributed by atoms with E-state index in [1.807, 2.05) is 37.3 Å². The molecule has 0 heterocycles. The summed E-state index contributed by atoms with van der Waals surface area (Å²) in [7, 11) is 0. The van der Waals surface area contributed by atoms with Crippen molar-refractivity contribution in [1.82, 2.24) is 10.2 Å². The fourth-order valence-corrected chi connectivity index (χ4v) is 3.02. The first-order chi connectivity index (χ1) is 13.2. The van der Waals surface area contributed by atoms with E-state index in [9.17, 15) is 0 Å². The zero-order chi connectivity index (χ0) is 19.5. The van der Waals surface area contributed by atoms with Crippen molar-refractivity contribution >= 4 is 11.6 Å². The van der Waals surface area contributed by atoms with E-state index in [1.54, 1.807) is 0 Å². The van der Waals surface area contributed by atoms with Gasteiger partial charge in [0.25, 0.3) is 0 Å². The van der Waals surface area contributed by atoms with Gasteiger partial charge in [-0.25, -0.2) is 0 Å². The maximum atomic E-state index is 6.21. The first-order valence-corrected chi connectivity index (χ1v) is 10.1. The van der Waals surface area contributed by atoms with Crippen molar-refractivity contribution < 1.29 is 9.47 Å². The molecule has 148 valence electrons. The Bertz CT molecular complexity index is 690. The summed E-state index contributed by atoms with van der Waals surface area (Å²) in [4.78, 5) is 2.41. The summed E-state index contributed by atoms with van der Waals surface area (Å²) in [5.74, 6) is 1.51. The quantitative estimate of drug-likeness (QED) is 0.530. The number of nitrogens with zero attached hydrogens (tertiary/aromatic N) is 1. The predicted molar refractivity (Wildman–Crippen MR) is 113 cm³/mol. The molecule has 0 amide bonds. The van der Waals surface area contributed by atoms with E-state index in [0.29, 0.717) is 18.2 Å². The van der Waals surface area contributed by atoms with Gasteiger partial charge in [-0.2, -0.15) is 0 Å². The minimum absolute atomic E-state index is 0.418. The number of hydrogen-bond donors (Lipinski definition) is 1. The van der Waals surface area contributed by atoms with Crippen molar-refractivity contribution in [2.45, 2.75) is 33.9 Å². The van der Waals surface area contributed by atoms with E-state index in [2.05, 4.69) is 36.2 Å². The molecule has 0 fully saturated rings. The Labute approximate surface area is 168 Å². The minimum atomic E-state index is 0.418. The van der Waals surface area contributed by atoms with Crippen LogP contribution in [-0.4, -0.2) is 37.7 Å². The zero-order valence-corrected chi connectivity index (χ0v) is 17.4. The zero-order valence-electron chi connectivity index (χ0n) is 16.6. The molecule has 4 nitrogen and oxygen atoms in total. The van der Waals surface area contributed by atoms with Crippen LogP contribution in [0.3, 0.4) is 0 Å². The molecule has 0 unspecified atom stereocenters. The van der Waals surface area contributed by atoms with E-state index < -0.39 is 0 Å². The highest BCUT2D eigenvalue weighted by molar-refractivity contribution is 6.31. The Hall–Kier alpha value is -1.75. The summed E-state index contributed by atoms with van der Waals surface area (Å²) in [5, 5.41) is 4.21. The van der Waals surface area contributed by atoms with Crippen LogP contribution < -0.4 is 14.8 Å². The fourth-order valence-electron chi connectivity index (χ4n) is 2.83. The summed E-state index contributed by atoms with van der Waals surface area (Å²) in [6, 6.07) is 13.8. The van der Waals surface area contributed by atoms with Gasteiger partial charge in [0, 0.05) is 30.2 Å². The number of rotatable bonds is 12. The summed E-state index contributed by atoms with van der Waals surface area (Å²) in [6.07, 6.45) is 0. The van der Waals surface area contributed by atoms with E-state index in [-0.39, 0.29) is 0 Å². The molecule has 2 rings (SSSR count). The third-order valence-electron chi connectivity index (χ3n) is 4.48. The highest BCUT2D eigenvalue weighted by atomic mass is 35.5. The van der Waals surface area contributed by atoms with Gasteiger partial charge in [-0.15, -0.1) is 0 Å². The van der Waals surface area contributed by atoms with Gasteiger partial charge in [0.1, 0.15) is 6.61 Å². The Morgan fingerprint density at radius 2 is 1.74 bits per heavy atom. The van der Waals surface area contributed by atoms with Crippen molar-refractivity contribution in [3.05, 3.63) is 58.6 Å². The summed E-state index contributed by atoms with van der Waals surface area (Å²) in [5.41, 5.74) is 2.15. The Kier molecular flexibility index (Phi) is 9.46. The number of ether oxygens (including phenoxy) is 2. The monoisotopic (exact) mass is 390 g/mol. The van der Waals surface area contributed by atoms with Gasteiger partial charge in [-0.1, -0.05) is 49.7 Å². The molecule has 27 heavy (non-hydrogen) atoms. The molecule has 2 aromatic rings. The van der Waals surface area contributed by atoms with Crippen molar-refractivity contribution in [1.29, 1.82) is 0 Å². The third kappa shape index (κ3) is 7.06. The summed E-state index contributed by atoms with van der Waals surface area (Å²) in [6.45, 7) is 12.4. The number of benzene rings is 2. The fraction of sp³-hybridized carbons (Fsp3) is 0.455. The van der Waals surface area contributed by atoms with Crippen LogP contribution in [0.1, 0.15) is 31.9 Å². The molecule has 0 saturated carbocycles. The molecule has 0 aliphatic rings. The van der Waals surface area contributed by atoms with Crippen LogP contribution in [0.15, 0.2) is 42.5 Å². The van der Waals surface area contributed by atoms with Crippen molar-refractivity contribution in [2.75, 3.05) is 32.8 Å². The molecule has 0 saturated heterocycles. The molecule has 0 atom stereocenters. The molecule has 0 aliphatic carbocycles. The maximum Gasteiger partial charge on any atom is 0.161 e. The summed E-state index contributed by atoms with van der Waals surface area (Å²) < 4.78 is 11.7. The van der Waals surface area contributed by atoms with Gasteiger partial charge in [0.15, 0.2) is 11.5 Å². The van der Waals surface area contributed by atoms with E-state index in [0.717, 1.165) is 49.8 Å². The lowest BCUT2D eigenvalue weighted by atomic mass is 10.2. The van der Waals surface area contributed by atoms with Crippen molar-refractivity contribution in [3.63, 3.8) is 0 Å². The first-order valence-electron chi connectivity index (χ1n) is 9.72. The maximum absolute atomic E-state index is 6.21.